The van der Waals surface area contributed by atoms with Gasteiger partial charge in [0.15, 0.2) is 6.61 Å². The average Bonchev–Trinajstić information content (AvgIpc) is 3.08. The lowest BCUT2D eigenvalue weighted by Crippen LogP contribution is -2.26. The van der Waals surface area contributed by atoms with Crippen LogP contribution in [0.1, 0.15) is 28.9 Å². The van der Waals surface area contributed by atoms with Crippen LogP contribution in [-0.2, 0) is 4.79 Å². The Morgan fingerprint density at radius 2 is 2.00 bits per heavy atom. The number of nitrogens with zero attached hydrogens (tertiary/aromatic N) is 1. The predicted molar refractivity (Wildman–Crippen MR) is 93.1 cm³/mol. The van der Waals surface area contributed by atoms with Crippen LogP contribution >= 0.6 is 0 Å². The second kappa shape index (κ2) is 7.04. The van der Waals surface area contributed by atoms with E-state index in [2.05, 4.69) is 15.5 Å². The van der Waals surface area contributed by atoms with Gasteiger partial charge in [-0.15, -0.1) is 0 Å². The summed E-state index contributed by atoms with van der Waals surface area (Å²) in [6.45, 7) is 1.73. The fourth-order valence-electron chi connectivity index (χ4n) is 2.52. The number of H-pyrrole nitrogens is 1. The molecule has 7 heteroatoms. The number of ether oxygens (including phenoxy) is 1. The van der Waals surface area contributed by atoms with E-state index < -0.39 is 5.91 Å². The molecule has 0 bridgehead atoms. The van der Waals surface area contributed by atoms with Crippen LogP contribution in [-0.4, -0.2) is 28.6 Å². The van der Waals surface area contributed by atoms with Crippen molar-refractivity contribution in [2.75, 3.05) is 6.61 Å². The predicted octanol–water partition coefficient (Wildman–Crippen LogP) is 1.92. The number of hydrogen-bond acceptors (Lipinski definition) is 4. The number of benzene rings is 2. The summed E-state index contributed by atoms with van der Waals surface area (Å²) in [5.74, 6) is -0.169. The zero-order valence-corrected chi connectivity index (χ0v) is 13.7. The summed E-state index contributed by atoms with van der Waals surface area (Å²) in [6.07, 6.45) is 1.68. The summed E-state index contributed by atoms with van der Waals surface area (Å²) >= 11 is 0. The van der Waals surface area contributed by atoms with Gasteiger partial charge < -0.3 is 15.8 Å². The SMILES string of the molecule is CC(NC(=O)c1cccc2cn[nH]c12)c1ccc(OCC(N)=O)cc1. The molecule has 0 aliphatic rings. The van der Waals surface area contributed by atoms with Gasteiger partial charge in [-0.05, 0) is 30.7 Å². The zero-order valence-electron chi connectivity index (χ0n) is 13.7. The minimum absolute atomic E-state index is 0.167. The maximum absolute atomic E-state index is 12.5. The number of hydrogen-bond donors (Lipinski definition) is 3. The van der Waals surface area contributed by atoms with E-state index in [0.717, 1.165) is 10.9 Å². The van der Waals surface area contributed by atoms with E-state index in [-0.39, 0.29) is 18.6 Å². The van der Waals surface area contributed by atoms with Crippen molar-refractivity contribution in [3.63, 3.8) is 0 Å². The van der Waals surface area contributed by atoms with Crippen molar-refractivity contribution in [1.82, 2.24) is 15.5 Å². The first-order chi connectivity index (χ1) is 12.0. The second-order valence-electron chi connectivity index (χ2n) is 5.66. The van der Waals surface area contributed by atoms with Gasteiger partial charge in [0.25, 0.3) is 11.8 Å². The Kier molecular flexibility index (Phi) is 4.65. The number of nitrogens with one attached hydrogen (secondary N) is 2. The highest BCUT2D eigenvalue weighted by Crippen LogP contribution is 2.20. The number of amides is 2. The molecule has 3 rings (SSSR count). The van der Waals surface area contributed by atoms with E-state index in [0.29, 0.717) is 16.8 Å². The third-order valence-electron chi connectivity index (χ3n) is 3.83. The molecule has 2 amide bonds. The largest absolute Gasteiger partial charge is 0.484 e. The van der Waals surface area contributed by atoms with Crippen molar-refractivity contribution < 1.29 is 14.3 Å². The lowest BCUT2D eigenvalue weighted by atomic mass is 10.1. The van der Waals surface area contributed by atoms with E-state index in [1.165, 1.54) is 0 Å². The van der Waals surface area contributed by atoms with Crippen LogP contribution in [0.3, 0.4) is 0 Å². The number of primary amides is 1. The summed E-state index contributed by atoms with van der Waals surface area (Å²) < 4.78 is 5.22. The summed E-state index contributed by atoms with van der Waals surface area (Å²) in [6, 6.07) is 12.4. The molecule has 25 heavy (non-hydrogen) atoms. The summed E-state index contributed by atoms with van der Waals surface area (Å²) in [4.78, 5) is 23.3. The maximum atomic E-state index is 12.5. The Balaban J connectivity index is 1.69. The summed E-state index contributed by atoms with van der Waals surface area (Å²) in [5.41, 5.74) is 7.21. The normalized spacial score (nSPS) is 11.9. The molecule has 0 saturated carbocycles. The number of nitrogens with two attached hydrogens (primary N) is 1. The van der Waals surface area contributed by atoms with E-state index in [1.807, 2.05) is 31.2 Å². The molecule has 3 aromatic rings. The Bertz CT molecular complexity index is 902. The number of rotatable bonds is 6. The minimum atomic E-state index is -0.530. The van der Waals surface area contributed by atoms with Gasteiger partial charge in [0.05, 0.1) is 23.3 Å². The first-order valence-corrected chi connectivity index (χ1v) is 7.78. The molecule has 0 aliphatic carbocycles. The highest BCUT2D eigenvalue weighted by Gasteiger charge is 2.15. The monoisotopic (exact) mass is 338 g/mol. The number of fused-ring (bicyclic) bond motifs is 1. The van der Waals surface area contributed by atoms with Gasteiger partial charge in [0.1, 0.15) is 5.75 Å². The first kappa shape index (κ1) is 16.5. The quantitative estimate of drug-likeness (QED) is 0.637. The number of para-hydroxylation sites is 1. The standard InChI is InChI=1S/C18H18N4O3/c1-11(12-5-7-14(8-6-12)25-10-16(19)23)21-18(24)15-4-2-3-13-9-20-22-17(13)15/h2-9,11H,10H2,1H3,(H2,19,23)(H,20,22)(H,21,24). The van der Waals surface area contributed by atoms with E-state index in [1.54, 1.807) is 24.4 Å². The number of aromatic nitrogens is 2. The third kappa shape index (κ3) is 3.77. The van der Waals surface area contributed by atoms with Gasteiger partial charge in [-0.1, -0.05) is 24.3 Å². The van der Waals surface area contributed by atoms with Crippen LogP contribution in [0, 0.1) is 0 Å². The number of aromatic amines is 1. The van der Waals surface area contributed by atoms with Crippen molar-refractivity contribution >= 4 is 22.7 Å². The van der Waals surface area contributed by atoms with Crippen LogP contribution in [0.4, 0.5) is 0 Å². The summed E-state index contributed by atoms with van der Waals surface area (Å²) in [7, 11) is 0. The molecule has 0 fully saturated rings. The third-order valence-corrected chi connectivity index (χ3v) is 3.83. The van der Waals surface area contributed by atoms with Crippen molar-refractivity contribution in [3.05, 3.63) is 59.8 Å². The van der Waals surface area contributed by atoms with E-state index in [9.17, 15) is 9.59 Å². The zero-order chi connectivity index (χ0) is 17.8. The lowest BCUT2D eigenvalue weighted by Gasteiger charge is -2.15. The smallest absolute Gasteiger partial charge is 0.255 e. The lowest BCUT2D eigenvalue weighted by molar-refractivity contribution is -0.119. The van der Waals surface area contributed by atoms with Gasteiger partial charge in [-0.25, -0.2) is 0 Å². The molecule has 0 saturated heterocycles. The molecular formula is C18H18N4O3. The van der Waals surface area contributed by atoms with Gasteiger partial charge in [-0.3, -0.25) is 14.7 Å². The Morgan fingerprint density at radius 1 is 1.24 bits per heavy atom. The molecule has 2 aromatic carbocycles. The average molecular weight is 338 g/mol. The molecule has 128 valence electrons. The second-order valence-corrected chi connectivity index (χ2v) is 5.66. The Labute approximate surface area is 144 Å². The van der Waals surface area contributed by atoms with E-state index >= 15 is 0 Å². The van der Waals surface area contributed by atoms with Crippen molar-refractivity contribution in [2.45, 2.75) is 13.0 Å². The van der Waals surface area contributed by atoms with Gasteiger partial charge >= 0.3 is 0 Å². The molecule has 7 nitrogen and oxygen atoms in total. The number of carbonyl (C=O) groups excluding carboxylic acids is 2. The topological polar surface area (TPSA) is 110 Å². The van der Waals surface area contributed by atoms with Gasteiger partial charge in [0.2, 0.25) is 0 Å². The number of carbonyl (C=O) groups is 2. The molecular weight excluding hydrogens is 320 g/mol. The molecule has 1 atom stereocenters. The molecule has 1 aromatic heterocycles. The highest BCUT2D eigenvalue weighted by atomic mass is 16.5. The van der Waals surface area contributed by atoms with Gasteiger partial charge in [-0.2, -0.15) is 5.10 Å². The van der Waals surface area contributed by atoms with Crippen LogP contribution in [0.5, 0.6) is 5.75 Å². The van der Waals surface area contributed by atoms with Crippen molar-refractivity contribution in [2.24, 2.45) is 5.73 Å². The van der Waals surface area contributed by atoms with Gasteiger partial charge in [0, 0.05) is 5.39 Å². The fraction of sp³-hybridized carbons (Fsp3) is 0.167. The minimum Gasteiger partial charge on any atom is -0.484 e. The Hall–Kier alpha value is -3.35. The molecule has 0 radical (unpaired) electrons. The fourth-order valence-corrected chi connectivity index (χ4v) is 2.52. The van der Waals surface area contributed by atoms with Crippen LogP contribution < -0.4 is 15.8 Å². The highest BCUT2D eigenvalue weighted by molar-refractivity contribution is 6.05. The molecule has 1 heterocycles. The maximum Gasteiger partial charge on any atom is 0.255 e. The molecule has 0 spiro atoms. The molecule has 0 aliphatic heterocycles. The van der Waals surface area contributed by atoms with Crippen molar-refractivity contribution in [1.29, 1.82) is 0 Å². The van der Waals surface area contributed by atoms with Crippen LogP contribution in [0.25, 0.3) is 10.9 Å². The summed E-state index contributed by atoms with van der Waals surface area (Å²) in [5, 5.41) is 10.7. The Morgan fingerprint density at radius 3 is 2.72 bits per heavy atom. The van der Waals surface area contributed by atoms with Crippen LogP contribution in [0.2, 0.25) is 0 Å². The molecule has 4 N–H and O–H groups in total. The van der Waals surface area contributed by atoms with Crippen molar-refractivity contribution in [3.8, 4) is 5.75 Å². The van der Waals surface area contributed by atoms with Crippen LogP contribution in [0.15, 0.2) is 48.7 Å². The molecule has 1 unspecified atom stereocenters. The first-order valence-electron chi connectivity index (χ1n) is 7.78. The van der Waals surface area contributed by atoms with E-state index in [4.69, 9.17) is 10.5 Å².